The maximum atomic E-state index is 10.4. The number of nitro groups is 1. The number of hydrogen-bond donors (Lipinski definition) is 1. The maximum Gasteiger partial charge on any atom is 0.348 e. The van der Waals surface area contributed by atoms with Crippen LogP contribution in [-0.4, -0.2) is 15.8 Å². The zero-order chi connectivity index (χ0) is 8.48. The van der Waals surface area contributed by atoms with Gasteiger partial charge in [-0.1, -0.05) is 18.2 Å². The molecular formula is C7H9NO3. The van der Waals surface area contributed by atoms with E-state index in [1.54, 1.807) is 19.1 Å². The minimum absolute atomic E-state index is 0.470. The fourth-order valence-electron chi connectivity index (χ4n) is 0.949. The molecule has 60 valence electrons. The molecule has 0 aliphatic heterocycles. The molecule has 4 nitrogen and oxygen atoms in total. The predicted molar refractivity (Wildman–Crippen MR) is 39.4 cm³/mol. The highest BCUT2D eigenvalue weighted by atomic mass is 16.7. The molecule has 0 aromatic heterocycles. The van der Waals surface area contributed by atoms with Crippen LogP contribution in [-0.2, 0) is 0 Å². The van der Waals surface area contributed by atoms with Crippen molar-refractivity contribution in [2.24, 2.45) is 5.92 Å². The molecule has 0 aromatic rings. The molecule has 0 saturated carbocycles. The van der Waals surface area contributed by atoms with Crippen LogP contribution in [0.1, 0.15) is 6.92 Å². The van der Waals surface area contributed by atoms with Gasteiger partial charge in [-0.3, -0.25) is 10.1 Å². The second-order valence-electron chi connectivity index (χ2n) is 2.57. The van der Waals surface area contributed by atoms with Crippen molar-refractivity contribution in [1.29, 1.82) is 0 Å². The first kappa shape index (κ1) is 7.94. The molecule has 2 atom stereocenters. The first-order valence-corrected chi connectivity index (χ1v) is 3.30. The largest absolute Gasteiger partial charge is 0.348 e. The van der Waals surface area contributed by atoms with Crippen LogP contribution < -0.4 is 0 Å². The van der Waals surface area contributed by atoms with Gasteiger partial charge in [0.25, 0.3) is 0 Å². The van der Waals surface area contributed by atoms with E-state index in [2.05, 4.69) is 0 Å². The van der Waals surface area contributed by atoms with E-state index in [4.69, 9.17) is 0 Å². The van der Waals surface area contributed by atoms with Crippen LogP contribution in [0.2, 0.25) is 0 Å². The highest BCUT2D eigenvalue weighted by Crippen LogP contribution is 2.24. The molecule has 1 aliphatic carbocycles. The van der Waals surface area contributed by atoms with E-state index in [-0.39, 0.29) is 0 Å². The van der Waals surface area contributed by atoms with Crippen molar-refractivity contribution in [2.45, 2.75) is 12.6 Å². The highest BCUT2D eigenvalue weighted by Gasteiger charge is 2.43. The average molecular weight is 155 g/mol. The first-order chi connectivity index (χ1) is 5.07. The molecule has 0 heterocycles. The zero-order valence-corrected chi connectivity index (χ0v) is 6.10. The Balaban J connectivity index is 2.94. The van der Waals surface area contributed by atoms with Crippen molar-refractivity contribution in [3.05, 3.63) is 34.4 Å². The van der Waals surface area contributed by atoms with Gasteiger partial charge in [0, 0.05) is 6.08 Å². The predicted octanol–water partition coefficient (Wildman–Crippen LogP) is 0.714. The number of allylic oxidation sites excluding steroid dienone is 2. The lowest BCUT2D eigenvalue weighted by atomic mass is 9.94. The van der Waals surface area contributed by atoms with E-state index in [0.29, 0.717) is 0 Å². The Morgan fingerprint density at radius 3 is 2.64 bits per heavy atom. The van der Waals surface area contributed by atoms with Crippen molar-refractivity contribution in [1.82, 2.24) is 0 Å². The summed E-state index contributed by atoms with van der Waals surface area (Å²) in [5, 5.41) is 19.7. The monoisotopic (exact) mass is 155 g/mol. The van der Waals surface area contributed by atoms with Gasteiger partial charge in [0.05, 0.1) is 10.8 Å². The molecule has 1 N–H and O–H groups in total. The smallest absolute Gasteiger partial charge is 0.327 e. The van der Waals surface area contributed by atoms with Crippen molar-refractivity contribution in [3.8, 4) is 0 Å². The number of aliphatic hydroxyl groups is 1. The summed E-state index contributed by atoms with van der Waals surface area (Å²) in [6, 6.07) is 0. The van der Waals surface area contributed by atoms with E-state index >= 15 is 0 Å². The Kier molecular flexibility index (Phi) is 1.78. The quantitative estimate of drug-likeness (QED) is 0.344. The van der Waals surface area contributed by atoms with Gasteiger partial charge in [0.15, 0.2) is 0 Å². The number of rotatable bonds is 1. The number of nitrogens with zero attached hydrogens (tertiary/aromatic N) is 1. The van der Waals surface area contributed by atoms with Crippen LogP contribution in [0.5, 0.6) is 0 Å². The van der Waals surface area contributed by atoms with E-state index in [9.17, 15) is 15.2 Å². The topological polar surface area (TPSA) is 63.4 Å². The molecule has 0 bridgehead atoms. The van der Waals surface area contributed by atoms with Gasteiger partial charge in [0.1, 0.15) is 0 Å². The van der Waals surface area contributed by atoms with Gasteiger partial charge in [0.2, 0.25) is 0 Å². The summed E-state index contributed by atoms with van der Waals surface area (Å²) in [7, 11) is 0. The van der Waals surface area contributed by atoms with Crippen LogP contribution in [0.15, 0.2) is 24.3 Å². The van der Waals surface area contributed by atoms with E-state index < -0.39 is 16.6 Å². The third-order valence-electron chi connectivity index (χ3n) is 1.82. The summed E-state index contributed by atoms with van der Waals surface area (Å²) in [5.41, 5.74) is -1.91. The van der Waals surface area contributed by atoms with Gasteiger partial charge in [-0.25, -0.2) is 0 Å². The molecular weight excluding hydrogens is 146 g/mol. The van der Waals surface area contributed by atoms with Gasteiger partial charge in [-0.2, -0.15) is 0 Å². The molecule has 0 saturated heterocycles. The van der Waals surface area contributed by atoms with Crippen LogP contribution in [0.3, 0.4) is 0 Å². The Morgan fingerprint density at radius 2 is 2.27 bits per heavy atom. The lowest BCUT2D eigenvalue weighted by Gasteiger charge is -2.21. The van der Waals surface area contributed by atoms with E-state index in [1.807, 2.05) is 0 Å². The Hall–Kier alpha value is -1.16. The molecule has 0 aromatic carbocycles. The van der Waals surface area contributed by atoms with Crippen molar-refractivity contribution >= 4 is 0 Å². The summed E-state index contributed by atoms with van der Waals surface area (Å²) in [6.45, 7) is 1.60. The van der Waals surface area contributed by atoms with Crippen LogP contribution in [0.4, 0.5) is 0 Å². The lowest BCUT2D eigenvalue weighted by Crippen LogP contribution is -2.42. The Bertz CT molecular complexity index is 234. The Labute approximate surface area is 64.0 Å². The molecule has 1 aliphatic rings. The molecule has 0 amide bonds. The first-order valence-electron chi connectivity index (χ1n) is 3.30. The van der Waals surface area contributed by atoms with Crippen LogP contribution in [0.25, 0.3) is 0 Å². The molecule has 4 heteroatoms. The van der Waals surface area contributed by atoms with Gasteiger partial charge in [-0.15, -0.1) is 0 Å². The fraction of sp³-hybridized carbons (Fsp3) is 0.429. The summed E-state index contributed by atoms with van der Waals surface area (Å²) < 4.78 is 0. The van der Waals surface area contributed by atoms with Crippen molar-refractivity contribution in [2.75, 3.05) is 0 Å². The lowest BCUT2D eigenvalue weighted by molar-refractivity contribution is -0.616. The summed E-state index contributed by atoms with van der Waals surface area (Å²) in [4.78, 5) is 9.67. The van der Waals surface area contributed by atoms with Crippen molar-refractivity contribution in [3.63, 3.8) is 0 Å². The summed E-state index contributed by atoms with van der Waals surface area (Å²) >= 11 is 0. The molecule has 1 rings (SSSR count). The second kappa shape index (κ2) is 2.47. The van der Waals surface area contributed by atoms with Gasteiger partial charge in [-0.05, 0) is 6.92 Å². The standard InChI is InChI=1S/C7H9NO3/c1-6-4-2-3-5-7(6,9)8(10)11/h2-6,9H,1H3. The van der Waals surface area contributed by atoms with E-state index in [1.165, 1.54) is 12.2 Å². The minimum atomic E-state index is -1.91. The van der Waals surface area contributed by atoms with Crippen molar-refractivity contribution < 1.29 is 10.0 Å². The molecule has 11 heavy (non-hydrogen) atoms. The fourth-order valence-corrected chi connectivity index (χ4v) is 0.949. The molecule has 0 radical (unpaired) electrons. The molecule has 0 spiro atoms. The van der Waals surface area contributed by atoms with Crippen LogP contribution in [0, 0.1) is 16.0 Å². The third kappa shape index (κ3) is 1.17. The van der Waals surface area contributed by atoms with Crippen LogP contribution >= 0.6 is 0 Å². The maximum absolute atomic E-state index is 10.4. The Morgan fingerprint density at radius 1 is 1.64 bits per heavy atom. The minimum Gasteiger partial charge on any atom is -0.327 e. The normalized spacial score (nSPS) is 35.6. The van der Waals surface area contributed by atoms with Gasteiger partial charge >= 0.3 is 5.72 Å². The van der Waals surface area contributed by atoms with E-state index in [0.717, 1.165) is 0 Å². The molecule has 2 unspecified atom stereocenters. The van der Waals surface area contributed by atoms with Gasteiger partial charge < -0.3 is 5.11 Å². The molecule has 0 fully saturated rings. The average Bonchev–Trinajstić information content (AvgIpc) is 1.95. The second-order valence-corrected chi connectivity index (χ2v) is 2.57. The summed E-state index contributed by atoms with van der Waals surface area (Å²) in [6.07, 6.45) is 5.95. The SMILES string of the molecule is CC1C=CC=CC1(O)[N+](=O)[O-]. The summed E-state index contributed by atoms with van der Waals surface area (Å²) in [5.74, 6) is -0.470. The third-order valence-corrected chi connectivity index (χ3v) is 1.82. The zero-order valence-electron chi connectivity index (χ0n) is 6.10. The number of hydrogen-bond acceptors (Lipinski definition) is 3. The highest BCUT2D eigenvalue weighted by molar-refractivity contribution is 5.17.